The van der Waals surface area contributed by atoms with Crippen molar-refractivity contribution >= 4 is 5.91 Å². The molecule has 3 aromatic carbocycles. The van der Waals surface area contributed by atoms with Gasteiger partial charge in [0, 0.05) is 29.8 Å². The zero-order chi connectivity index (χ0) is 23.2. The van der Waals surface area contributed by atoms with Crippen LogP contribution in [0.3, 0.4) is 0 Å². The molecular weight excluding hydrogens is 414 g/mol. The van der Waals surface area contributed by atoms with Crippen LogP contribution in [0.5, 0.6) is 5.75 Å². The number of hydrogen-bond donors (Lipinski definition) is 0. The highest BCUT2D eigenvalue weighted by atomic mass is 16.5. The standard InChI is InChI=1S/C27H25N3O3/c1-4-16-30(18-20-8-14-24(32-3)15-9-20)27(31)22-12-10-21(11-13-22)25-28-29-26(33-25)23-7-5-6-19(2)17-23/h4-15,17H,1,16,18H2,2-3H3. The molecule has 0 fully saturated rings. The van der Waals surface area contributed by atoms with E-state index in [9.17, 15) is 4.79 Å². The quantitative estimate of drug-likeness (QED) is 0.337. The minimum absolute atomic E-state index is 0.0803. The van der Waals surface area contributed by atoms with E-state index in [-0.39, 0.29) is 5.91 Å². The third-order valence-corrected chi connectivity index (χ3v) is 5.24. The first-order valence-corrected chi connectivity index (χ1v) is 10.6. The number of carbonyl (C=O) groups excluding carboxylic acids is 1. The van der Waals surface area contributed by atoms with E-state index < -0.39 is 0 Å². The van der Waals surface area contributed by atoms with Crippen molar-refractivity contribution in [1.82, 2.24) is 15.1 Å². The van der Waals surface area contributed by atoms with Crippen LogP contribution in [0.4, 0.5) is 0 Å². The van der Waals surface area contributed by atoms with Gasteiger partial charge in [-0.3, -0.25) is 4.79 Å². The molecule has 166 valence electrons. The van der Waals surface area contributed by atoms with Gasteiger partial charge < -0.3 is 14.1 Å². The van der Waals surface area contributed by atoms with E-state index >= 15 is 0 Å². The van der Waals surface area contributed by atoms with Gasteiger partial charge in [-0.05, 0) is 61.0 Å². The molecular formula is C27H25N3O3. The van der Waals surface area contributed by atoms with Crippen molar-refractivity contribution < 1.29 is 13.9 Å². The van der Waals surface area contributed by atoms with E-state index in [0.717, 1.165) is 28.0 Å². The van der Waals surface area contributed by atoms with Crippen LogP contribution in [0.15, 0.2) is 89.9 Å². The Balaban J connectivity index is 1.50. The molecule has 0 saturated carbocycles. The molecule has 1 aromatic heterocycles. The number of rotatable bonds is 8. The lowest BCUT2D eigenvalue weighted by Crippen LogP contribution is -2.30. The molecule has 0 N–H and O–H groups in total. The third kappa shape index (κ3) is 5.18. The number of aryl methyl sites for hydroxylation is 1. The molecule has 0 unspecified atom stereocenters. The molecule has 0 spiro atoms. The monoisotopic (exact) mass is 439 g/mol. The largest absolute Gasteiger partial charge is 0.497 e. The summed E-state index contributed by atoms with van der Waals surface area (Å²) in [6.07, 6.45) is 1.72. The first-order valence-electron chi connectivity index (χ1n) is 10.6. The zero-order valence-corrected chi connectivity index (χ0v) is 18.7. The van der Waals surface area contributed by atoms with Crippen LogP contribution < -0.4 is 4.74 Å². The number of nitrogens with zero attached hydrogens (tertiary/aromatic N) is 3. The van der Waals surface area contributed by atoms with Crippen molar-refractivity contribution in [2.45, 2.75) is 13.5 Å². The van der Waals surface area contributed by atoms with Gasteiger partial charge in [0.25, 0.3) is 5.91 Å². The molecule has 4 aromatic rings. The van der Waals surface area contributed by atoms with Crippen molar-refractivity contribution in [1.29, 1.82) is 0 Å². The van der Waals surface area contributed by atoms with E-state index in [0.29, 0.717) is 30.4 Å². The Kier molecular flexibility index (Phi) is 6.64. The molecule has 6 nitrogen and oxygen atoms in total. The highest BCUT2D eigenvalue weighted by molar-refractivity contribution is 5.94. The fraction of sp³-hybridized carbons (Fsp3) is 0.148. The molecule has 6 heteroatoms. The highest BCUT2D eigenvalue weighted by Crippen LogP contribution is 2.25. The average molecular weight is 440 g/mol. The minimum atomic E-state index is -0.0803. The van der Waals surface area contributed by atoms with Gasteiger partial charge in [0.2, 0.25) is 11.8 Å². The van der Waals surface area contributed by atoms with Crippen LogP contribution in [0, 0.1) is 6.92 Å². The highest BCUT2D eigenvalue weighted by Gasteiger charge is 2.17. The van der Waals surface area contributed by atoms with E-state index in [1.165, 1.54) is 0 Å². The normalized spacial score (nSPS) is 10.6. The van der Waals surface area contributed by atoms with Crippen LogP contribution in [-0.2, 0) is 6.54 Å². The van der Waals surface area contributed by atoms with Gasteiger partial charge >= 0.3 is 0 Å². The number of hydrogen-bond acceptors (Lipinski definition) is 5. The molecule has 4 rings (SSSR count). The summed E-state index contributed by atoms with van der Waals surface area (Å²) in [7, 11) is 1.63. The molecule has 33 heavy (non-hydrogen) atoms. The molecule has 0 aliphatic rings. The van der Waals surface area contributed by atoms with Crippen LogP contribution in [0.25, 0.3) is 22.9 Å². The number of benzene rings is 3. The third-order valence-electron chi connectivity index (χ3n) is 5.24. The summed E-state index contributed by atoms with van der Waals surface area (Å²) in [5.41, 5.74) is 4.33. The van der Waals surface area contributed by atoms with Crippen molar-refractivity contribution in [3.05, 3.63) is 102 Å². The second-order valence-electron chi connectivity index (χ2n) is 7.68. The Labute approximate surface area is 193 Å². The maximum atomic E-state index is 13.1. The number of aromatic nitrogens is 2. The van der Waals surface area contributed by atoms with Gasteiger partial charge in [0.05, 0.1) is 7.11 Å². The van der Waals surface area contributed by atoms with E-state index in [4.69, 9.17) is 9.15 Å². The predicted octanol–water partition coefficient (Wildman–Crippen LogP) is 5.55. The fourth-order valence-corrected chi connectivity index (χ4v) is 3.50. The fourth-order valence-electron chi connectivity index (χ4n) is 3.50. The lowest BCUT2D eigenvalue weighted by Gasteiger charge is -2.21. The lowest BCUT2D eigenvalue weighted by atomic mass is 10.1. The number of carbonyl (C=O) groups is 1. The van der Waals surface area contributed by atoms with Crippen molar-refractivity contribution in [2.75, 3.05) is 13.7 Å². The number of ether oxygens (including phenoxy) is 1. The first kappa shape index (κ1) is 22.0. The van der Waals surface area contributed by atoms with E-state index in [1.54, 1.807) is 30.2 Å². The van der Waals surface area contributed by atoms with Crippen LogP contribution in [0.2, 0.25) is 0 Å². The molecule has 1 amide bonds. The SMILES string of the molecule is C=CCN(Cc1ccc(OC)cc1)C(=O)c1ccc(-c2nnc(-c3cccc(C)c3)o2)cc1. The average Bonchev–Trinajstić information content (AvgIpc) is 3.34. The van der Waals surface area contributed by atoms with Crippen LogP contribution in [0.1, 0.15) is 21.5 Å². The van der Waals surface area contributed by atoms with E-state index in [2.05, 4.69) is 16.8 Å². The summed E-state index contributed by atoms with van der Waals surface area (Å²) in [6.45, 7) is 6.72. The molecule has 0 aliphatic carbocycles. The topological polar surface area (TPSA) is 68.5 Å². The Morgan fingerprint density at radius 3 is 2.33 bits per heavy atom. The van der Waals surface area contributed by atoms with Gasteiger partial charge in [-0.2, -0.15) is 0 Å². The van der Waals surface area contributed by atoms with Crippen LogP contribution in [-0.4, -0.2) is 34.7 Å². The predicted molar refractivity (Wildman–Crippen MR) is 128 cm³/mol. The molecule has 0 bridgehead atoms. The van der Waals surface area contributed by atoms with Gasteiger partial charge in [0.1, 0.15) is 5.75 Å². The maximum absolute atomic E-state index is 13.1. The molecule has 0 saturated heterocycles. The van der Waals surface area contributed by atoms with Gasteiger partial charge in [0.15, 0.2) is 0 Å². The van der Waals surface area contributed by atoms with Crippen molar-refractivity contribution in [3.8, 4) is 28.7 Å². The molecule has 0 aliphatic heterocycles. The minimum Gasteiger partial charge on any atom is -0.497 e. The molecule has 1 heterocycles. The van der Waals surface area contributed by atoms with Gasteiger partial charge in [-0.25, -0.2) is 0 Å². The van der Waals surface area contributed by atoms with E-state index in [1.807, 2.05) is 67.6 Å². The lowest BCUT2D eigenvalue weighted by molar-refractivity contribution is 0.0762. The van der Waals surface area contributed by atoms with Crippen molar-refractivity contribution in [2.24, 2.45) is 0 Å². The van der Waals surface area contributed by atoms with Gasteiger partial charge in [-0.15, -0.1) is 16.8 Å². The summed E-state index contributed by atoms with van der Waals surface area (Å²) in [5.74, 6) is 1.57. The number of amides is 1. The smallest absolute Gasteiger partial charge is 0.254 e. The van der Waals surface area contributed by atoms with Crippen molar-refractivity contribution in [3.63, 3.8) is 0 Å². The Morgan fingerprint density at radius 2 is 1.70 bits per heavy atom. The molecule has 0 radical (unpaired) electrons. The zero-order valence-electron chi connectivity index (χ0n) is 18.7. The Hall–Kier alpha value is -4.19. The summed E-state index contributed by atoms with van der Waals surface area (Å²) in [6, 6.07) is 22.8. The Morgan fingerprint density at radius 1 is 1.00 bits per heavy atom. The Bertz CT molecular complexity index is 1240. The summed E-state index contributed by atoms with van der Waals surface area (Å²) < 4.78 is 11.1. The summed E-state index contributed by atoms with van der Waals surface area (Å²) >= 11 is 0. The van der Waals surface area contributed by atoms with Gasteiger partial charge in [-0.1, -0.05) is 35.9 Å². The second-order valence-corrected chi connectivity index (χ2v) is 7.68. The number of methoxy groups -OCH3 is 1. The maximum Gasteiger partial charge on any atom is 0.254 e. The molecule has 0 atom stereocenters. The summed E-state index contributed by atoms with van der Waals surface area (Å²) in [4.78, 5) is 14.9. The second kappa shape index (κ2) is 9.96. The first-order chi connectivity index (χ1) is 16.1. The summed E-state index contributed by atoms with van der Waals surface area (Å²) in [5, 5.41) is 8.33. The van der Waals surface area contributed by atoms with Crippen LogP contribution >= 0.6 is 0 Å².